The molecule has 1 fully saturated rings. The van der Waals surface area contributed by atoms with Gasteiger partial charge in [0.05, 0.1) is 5.69 Å². The fraction of sp³-hybridized carbons (Fsp3) is 0.333. The van der Waals surface area contributed by atoms with E-state index in [0.29, 0.717) is 18.9 Å². The third-order valence-electron chi connectivity index (χ3n) is 2.98. The summed E-state index contributed by atoms with van der Waals surface area (Å²) in [7, 11) is 1.53. The van der Waals surface area contributed by atoms with E-state index in [0.717, 1.165) is 12.1 Å². The van der Waals surface area contributed by atoms with Crippen molar-refractivity contribution in [3.05, 3.63) is 29.8 Å². The summed E-state index contributed by atoms with van der Waals surface area (Å²) < 4.78 is 26.0. The fourth-order valence-electron chi connectivity index (χ4n) is 1.92. The molecular formula is C12H12F2N2O2. The minimum Gasteiger partial charge on any atom is -0.334 e. The van der Waals surface area contributed by atoms with E-state index in [1.54, 1.807) is 0 Å². The fourth-order valence-corrected chi connectivity index (χ4v) is 1.92. The molecule has 0 saturated carbocycles. The van der Waals surface area contributed by atoms with Crippen LogP contribution in [0.3, 0.4) is 0 Å². The number of likely N-dealkylation sites (N-methyl/N-ethyl adjacent to an activating group) is 1. The zero-order valence-corrected chi connectivity index (χ0v) is 9.74. The predicted octanol–water partition coefficient (Wildman–Crippen LogP) is 1.52. The second-order valence-corrected chi connectivity index (χ2v) is 4.17. The van der Waals surface area contributed by atoms with Crippen molar-refractivity contribution >= 4 is 17.5 Å². The number of amides is 2. The summed E-state index contributed by atoms with van der Waals surface area (Å²) in [6.07, 6.45) is 0.713. The molecule has 1 atom stereocenters. The highest BCUT2D eigenvalue weighted by Gasteiger charge is 2.33. The lowest BCUT2D eigenvalue weighted by atomic mass is 10.2. The number of anilines is 1. The summed E-state index contributed by atoms with van der Waals surface area (Å²) in [5, 5.41) is 2.36. The highest BCUT2D eigenvalue weighted by Crippen LogP contribution is 2.20. The first-order chi connectivity index (χ1) is 8.49. The summed E-state index contributed by atoms with van der Waals surface area (Å²) in [4.78, 5) is 24.4. The quantitative estimate of drug-likeness (QED) is 0.870. The molecule has 96 valence electrons. The Morgan fingerprint density at radius 2 is 2.17 bits per heavy atom. The Balaban J connectivity index is 2.10. The maximum Gasteiger partial charge on any atom is 0.247 e. The molecule has 1 unspecified atom stereocenters. The Bertz CT molecular complexity index is 505. The molecule has 1 heterocycles. The van der Waals surface area contributed by atoms with Crippen LogP contribution in [0.15, 0.2) is 18.2 Å². The van der Waals surface area contributed by atoms with Crippen LogP contribution in [0.25, 0.3) is 0 Å². The molecule has 0 bridgehead atoms. The summed E-state index contributed by atoms with van der Waals surface area (Å²) in [6, 6.07) is 2.31. The molecular weight excluding hydrogens is 242 g/mol. The van der Waals surface area contributed by atoms with Gasteiger partial charge in [-0.25, -0.2) is 8.78 Å². The molecule has 0 radical (unpaired) electrons. The monoisotopic (exact) mass is 254 g/mol. The van der Waals surface area contributed by atoms with Crippen molar-refractivity contribution in [3.63, 3.8) is 0 Å². The average Bonchev–Trinajstić information content (AvgIpc) is 2.64. The second-order valence-electron chi connectivity index (χ2n) is 4.17. The van der Waals surface area contributed by atoms with Crippen molar-refractivity contribution in [1.82, 2.24) is 4.90 Å². The first kappa shape index (κ1) is 12.5. The number of hydrogen-bond acceptors (Lipinski definition) is 2. The SMILES string of the molecule is CN1C(=O)CCC1C(=O)Nc1ccc(F)cc1F. The molecule has 0 spiro atoms. The minimum atomic E-state index is -0.838. The number of benzene rings is 1. The first-order valence-electron chi connectivity index (χ1n) is 5.50. The van der Waals surface area contributed by atoms with E-state index >= 15 is 0 Å². The summed E-state index contributed by atoms with van der Waals surface area (Å²) in [5.74, 6) is -2.13. The molecule has 1 saturated heterocycles. The third-order valence-corrected chi connectivity index (χ3v) is 2.98. The molecule has 1 aromatic rings. The molecule has 2 amide bonds. The number of halogens is 2. The minimum absolute atomic E-state index is 0.0888. The Labute approximate surface area is 103 Å². The highest BCUT2D eigenvalue weighted by atomic mass is 19.1. The lowest BCUT2D eigenvalue weighted by Gasteiger charge is -2.19. The van der Waals surface area contributed by atoms with Crippen LogP contribution in [0.5, 0.6) is 0 Å². The molecule has 1 aliphatic rings. The zero-order valence-electron chi connectivity index (χ0n) is 9.74. The summed E-state index contributed by atoms with van der Waals surface area (Å²) >= 11 is 0. The van der Waals surface area contributed by atoms with Crippen molar-refractivity contribution < 1.29 is 18.4 Å². The number of rotatable bonds is 2. The van der Waals surface area contributed by atoms with Crippen molar-refractivity contribution in [2.45, 2.75) is 18.9 Å². The van der Waals surface area contributed by atoms with Crippen LogP contribution in [-0.2, 0) is 9.59 Å². The number of hydrogen-bond donors (Lipinski definition) is 1. The smallest absolute Gasteiger partial charge is 0.247 e. The van der Waals surface area contributed by atoms with Crippen molar-refractivity contribution in [1.29, 1.82) is 0 Å². The molecule has 18 heavy (non-hydrogen) atoms. The molecule has 1 aliphatic heterocycles. The van der Waals surface area contributed by atoms with Gasteiger partial charge in [-0.2, -0.15) is 0 Å². The largest absolute Gasteiger partial charge is 0.334 e. The normalized spacial score (nSPS) is 19.2. The molecule has 0 aromatic heterocycles. The number of nitrogens with zero attached hydrogens (tertiary/aromatic N) is 1. The van der Waals surface area contributed by atoms with Crippen molar-refractivity contribution in [2.24, 2.45) is 0 Å². The summed E-state index contributed by atoms with van der Waals surface area (Å²) in [5.41, 5.74) is -0.0888. The van der Waals surface area contributed by atoms with Crippen LogP contribution in [0.4, 0.5) is 14.5 Å². The molecule has 0 aliphatic carbocycles. The van der Waals surface area contributed by atoms with E-state index in [-0.39, 0.29) is 11.6 Å². The second kappa shape index (κ2) is 4.72. The van der Waals surface area contributed by atoms with Crippen LogP contribution < -0.4 is 5.32 Å². The van der Waals surface area contributed by atoms with Gasteiger partial charge < -0.3 is 10.2 Å². The van der Waals surface area contributed by atoms with Crippen LogP contribution in [0, 0.1) is 11.6 Å². The first-order valence-corrected chi connectivity index (χ1v) is 5.50. The van der Waals surface area contributed by atoms with Crippen molar-refractivity contribution in [3.8, 4) is 0 Å². The van der Waals surface area contributed by atoms with Crippen LogP contribution >= 0.6 is 0 Å². The van der Waals surface area contributed by atoms with Gasteiger partial charge in [0, 0.05) is 19.5 Å². The molecule has 2 rings (SSSR count). The van der Waals surface area contributed by atoms with Crippen LogP contribution in [-0.4, -0.2) is 29.8 Å². The van der Waals surface area contributed by atoms with Gasteiger partial charge in [0.2, 0.25) is 11.8 Å². The maximum atomic E-state index is 13.3. The lowest BCUT2D eigenvalue weighted by Crippen LogP contribution is -2.39. The third kappa shape index (κ3) is 2.32. The van der Waals surface area contributed by atoms with Gasteiger partial charge in [0.15, 0.2) is 0 Å². The number of nitrogens with one attached hydrogen (secondary N) is 1. The highest BCUT2D eigenvalue weighted by molar-refractivity contribution is 5.98. The van der Waals surface area contributed by atoms with Gasteiger partial charge in [-0.15, -0.1) is 0 Å². The maximum absolute atomic E-state index is 13.3. The van der Waals surface area contributed by atoms with E-state index in [9.17, 15) is 18.4 Å². The Morgan fingerprint density at radius 3 is 2.72 bits per heavy atom. The van der Waals surface area contributed by atoms with E-state index in [2.05, 4.69) is 5.32 Å². The number of carbonyl (C=O) groups excluding carboxylic acids is 2. The summed E-state index contributed by atoms with van der Waals surface area (Å²) in [6.45, 7) is 0. The van der Waals surface area contributed by atoms with E-state index in [1.807, 2.05) is 0 Å². The average molecular weight is 254 g/mol. The predicted molar refractivity (Wildman–Crippen MR) is 60.8 cm³/mol. The Kier molecular flexibility index (Phi) is 3.27. The van der Waals surface area contributed by atoms with Gasteiger partial charge in [0.1, 0.15) is 17.7 Å². The number of likely N-dealkylation sites (tertiary alicyclic amines) is 1. The van der Waals surface area contributed by atoms with E-state index in [1.165, 1.54) is 11.9 Å². The van der Waals surface area contributed by atoms with E-state index < -0.39 is 23.6 Å². The van der Waals surface area contributed by atoms with Gasteiger partial charge in [-0.05, 0) is 18.6 Å². The number of carbonyl (C=O) groups is 2. The van der Waals surface area contributed by atoms with E-state index in [4.69, 9.17) is 0 Å². The molecule has 4 nitrogen and oxygen atoms in total. The molecule has 6 heteroatoms. The molecule has 1 N–H and O–H groups in total. The van der Waals surface area contributed by atoms with Gasteiger partial charge in [-0.3, -0.25) is 9.59 Å². The van der Waals surface area contributed by atoms with Gasteiger partial charge in [-0.1, -0.05) is 0 Å². The lowest BCUT2D eigenvalue weighted by molar-refractivity contribution is -0.131. The van der Waals surface area contributed by atoms with Crippen molar-refractivity contribution in [2.75, 3.05) is 12.4 Å². The van der Waals surface area contributed by atoms with Gasteiger partial charge >= 0.3 is 0 Å². The topological polar surface area (TPSA) is 49.4 Å². The van der Waals surface area contributed by atoms with Crippen LogP contribution in [0.1, 0.15) is 12.8 Å². The Morgan fingerprint density at radius 1 is 1.44 bits per heavy atom. The molecule has 1 aromatic carbocycles. The zero-order chi connectivity index (χ0) is 13.3. The van der Waals surface area contributed by atoms with Gasteiger partial charge in [0.25, 0.3) is 0 Å². The standard InChI is InChI=1S/C12H12F2N2O2/c1-16-10(4-5-11(16)17)12(18)15-9-3-2-7(13)6-8(9)14/h2-3,6,10H,4-5H2,1H3,(H,15,18). The van der Waals surface area contributed by atoms with Crippen LogP contribution in [0.2, 0.25) is 0 Å². The Hall–Kier alpha value is -1.98.